The van der Waals surface area contributed by atoms with Crippen molar-refractivity contribution in [3.05, 3.63) is 42.5 Å². The Kier molecular flexibility index (Phi) is 3.77. The molecule has 2 aromatic rings. The van der Waals surface area contributed by atoms with E-state index in [-0.39, 0.29) is 0 Å². The van der Waals surface area contributed by atoms with Crippen LogP contribution in [-0.2, 0) is 0 Å². The lowest BCUT2D eigenvalue weighted by atomic mass is 10.1. The van der Waals surface area contributed by atoms with Crippen molar-refractivity contribution in [2.45, 2.75) is 0 Å². The minimum absolute atomic E-state index is 0.323. The average Bonchev–Trinajstić information content (AvgIpc) is 2.21. The molecule has 1 N–H and O–H groups in total. The molecule has 13 heavy (non-hydrogen) atoms. The van der Waals surface area contributed by atoms with E-state index in [9.17, 15) is 0 Å². The normalized spacial score (nSPS) is 9.08. The molecule has 0 aliphatic rings. The summed E-state index contributed by atoms with van der Waals surface area (Å²) in [6.45, 7) is 0. The second-order valence-corrected chi connectivity index (χ2v) is 2.53. The molecule has 0 saturated carbocycles. The fourth-order valence-corrected chi connectivity index (χ4v) is 1.18. The first-order valence-corrected chi connectivity index (χ1v) is 5.50. The molecule has 0 heterocycles. The highest BCUT2D eigenvalue weighted by Gasteiger charge is 1.91. The van der Waals surface area contributed by atoms with E-state index < -0.39 is 0 Å². The number of alkyl halides is 1. The highest BCUT2D eigenvalue weighted by molar-refractivity contribution is 9.08. The van der Waals surface area contributed by atoms with E-state index in [0.717, 1.165) is 10.8 Å². The molecule has 0 atom stereocenters. The lowest BCUT2D eigenvalue weighted by Crippen LogP contribution is -1.69. The Balaban J connectivity index is 0.000000396. The van der Waals surface area contributed by atoms with Crippen molar-refractivity contribution in [2.75, 3.05) is 5.83 Å². The van der Waals surface area contributed by atoms with Gasteiger partial charge in [-0.15, -0.1) is 0 Å². The SMILES string of the molecule is CBr.Oc1ccc2ccccc2c1. The van der Waals surface area contributed by atoms with Gasteiger partial charge in [0.25, 0.3) is 0 Å². The smallest absolute Gasteiger partial charge is 0.116 e. The third kappa shape index (κ3) is 2.46. The zero-order valence-corrected chi connectivity index (χ0v) is 8.95. The average molecular weight is 239 g/mol. The lowest BCUT2D eigenvalue weighted by Gasteiger charge is -1.96. The first-order chi connectivity index (χ1) is 6.36. The summed E-state index contributed by atoms with van der Waals surface area (Å²) < 4.78 is 0. The standard InChI is InChI=1S/C10H8O.CH3Br/c11-10-6-5-8-3-1-2-4-9(8)7-10;1-2/h1-7,11H;1H3. The number of phenolic OH excluding ortho intramolecular Hbond substituents is 1. The van der Waals surface area contributed by atoms with Gasteiger partial charge in [0.15, 0.2) is 0 Å². The summed E-state index contributed by atoms with van der Waals surface area (Å²) in [5.74, 6) is 2.14. The predicted molar refractivity (Wildman–Crippen MR) is 60.5 cm³/mol. The number of fused-ring (bicyclic) bond motifs is 1. The van der Waals surface area contributed by atoms with Crippen molar-refractivity contribution < 1.29 is 5.11 Å². The zero-order valence-electron chi connectivity index (χ0n) is 7.37. The fourth-order valence-electron chi connectivity index (χ4n) is 1.18. The van der Waals surface area contributed by atoms with Crippen LogP contribution in [0.2, 0.25) is 0 Å². The van der Waals surface area contributed by atoms with Crippen LogP contribution in [-0.4, -0.2) is 10.9 Å². The maximum Gasteiger partial charge on any atom is 0.116 e. The topological polar surface area (TPSA) is 20.2 Å². The van der Waals surface area contributed by atoms with Crippen LogP contribution < -0.4 is 0 Å². The van der Waals surface area contributed by atoms with E-state index in [1.54, 1.807) is 12.1 Å². The maximum atomic E-state index is 9.13. The number of aromatic hydroxyl groups is 1. The van der Waals surface area contributed by atoms with Crippen LogP contribution in [0.4, 0.5) is 0 Å². The summed E-state index contributed by atoms with van der Waals surface area (Å²) in [5.41, 5.74) is 0. The molecular formula is C11H11BrO. The Morgan fingerprint density at radius 1 is 0.923 bits per heavy atom. The van der Waals surface area contributed by atoms with Crippen LogP contribution in [0, 0.1) is 0 Å². The van der Waals surface area contributed by atoms with Crippen molar-refractivity contribution in [2.24, 2.45) is 0 Å². The number of hydrogen-bond acceptors (Lipinski definition) is 1. The summed E-state index contributed by atoms with van der Waals surface area (Å²) in [5, 5.41) is 11.4. The Hall–Kier alpha value is -1.02. The quantitative estimate of drug-likeness (QED) is 0.697. The summed E-state index contributed by atoms with van der Waals surface area (Å²) in [4.78, 5) is 0. The van der Waals surface area contributed by atoms with Crippen LogP contribution >= 0.6 is 15.9 Å². The van der Waals surface area contributed by atoms with Crippen LogP contribution in [0.3, 0.4) is 0 Å². The van der Waals surface area contributed by atoms with Crippen molar-refractivity contribution in [1.82, 2.24) is 0 Å². The first kappa shape index (κ1) is 10.1. The predicted octanol–water partition coefficient (Wildman–Crippen LogP) is 3.56. The minimum Gasteiger partial charge on any atom is -0.508 e. The van der Waals surface area contributed by atoms with E-state index in [1.165, 1.54) is 0 Å². The van der Waals surface area contributed by atoms with Gasteiger partial charge in [0.2, 0.25) is 0 Å². The Labute approximate surface area is 86.1 Å². The van der Waals surface area contributed by atoms with Crippen molar-refractivity contribution in [3.63, 3.8) is 0 Å². The molecule has 1 nitrogen and oxygen atoms in total. The number of phenols is 1. The molecule has 0 spiro atoms. The van der Waals surface area contributed by atoms with E-state index in [2.05, 4.69) is 15.9 Å². The molecule has 0 fully saturated rings. The van der Waals surface area contributed by atoms with Gasteiger partial charge in [-0.3, -0.25) is 0 Å². The molecule has 68 valence electrons. The second-order valence-electron chi connectivity index (χ2n) is 2.53. The molecule has 0 radical (unpaired) electrons. The Bertz CT molecular complexity index is 385. The highest BCUT2D eigenvalue weighted by atomic mass is 79.9. The van der Waals surface area contributed by atoms with Gasteiger partial charge in [-0.2, -0.15) is 0 Å². The molecule has 2 aromatic carbocycles. The third-order valence-electron chi connectivity index (χ3n) is 1.73. The Morgan fingerprint density at radius 3 is 2.23 bits per heavy atom. The zero-order chi connectivity index (χ0) is 9.68. The molecule has 0 aliphatic carbocycles. The molecule has 0 bridgehead atoms. The summed E-state index contributed by atoms with van der Waals surface area (Å²) >= 11 is 2.94. The van der Waals surface area contributed by atoms with Crippen LogP contribution in [0.15, 0.2) is 42.5 Å². The van der Waals surface area contributed by atoms with Crippen LogP contribution in [0.25, 0.3) is 10.8 Å². The van der Waals surface area contributed by atoms with Gasteiger partial charge in [0.1, 0.15) is 5.75 Å². The largest absolute Gasteiger partial charge is 0.508 e. The maximum absolute atomic E-state index is 9.13. The number of rotatable bonds is 0. The van der Waals surface area contributed by atoms with Gasteiger partial charge >= 0.3 is 0 Å². The summed E-state index contributed by atoms with van der Waals surface area (Å²) in [6, 6.07) is 13.3. The first-order valence-electron chi connectivity index (χ1n) is 3.92. The lowest BCUT2D eigenvalue weighted by molar-refractivity contribution is 0.476. The fraction of sp³-hybridized carbons (Fsp3) is 0.0909. The second kappa shape index (κ2) is 4.87. The summed E-state index contributed by atoms with van der Waals surface area (Å²) in [7, 11) is 0. The van der Waals surface area contributed by atoms with Crippen molar-refractivity contribution >= 4 is 26.7 Å². The molecule has 0 saturated heterocycles. The van der Waals surface area contributed by atoms with Gasteiger partial charge in [0, 0.05) is 0 Å². The molecular weight excluding hydrogens is 228 g/mol. The molecule has 0 aromatic heterocycles. The molecule has 2 heteroatoms. The van der Waals surface area contributed by atoms with Crippen molar-refractivity contribution in [1.29, 1.82) is 0 Å². The molecule has 2 rings (SSSR count). The molecule has 0 amide bonds. The monoisotopic (exact) mass is 238 g/mol. The third-order valence-corrected chi connectivity index (χ3v) is 1.73. The molecule has 0 aliphatic heterocycles. The van der Waals surface area contributed by atoms with Crippen LogP contribution in [0.1, 0.15) is 0 Å². The van der Waals surface area contributed by atoms with Crippen molar-refractivity contribution in [3.8, 4) is 5.75 Å². The van der Waals surface area contributed by atoms with E-state index in [1.807, 2.05) is 36.2 Å². The van der Waals surface area contributed by atoms with Gasteiger partial charge < -0.3 is 5.11 Å². The molecule has 0 unspecified atom stereocenters. The van der Waals surface area contributed by atoms with Gasteiger partial charge in [-0.05, 0) is 28.7 Å². The summed E-state index contributed by atoms with van der Waals surface area (Å²) in [6.07, 6.45) is 0. The minimum atomic E-state index is 0.323. The van der Waals surface area contributed by atoms with E-state index in [4.69, 9.17) is 5.11 Å². The number of halogens is 1. The van der Waals surface area contributed by atoms with Crippen LogP contribution in [0.5, 0.6) is 5.75 Å². The Morgan fingerprint density at radius 2 is 1.54 bits per heavy atom. The van der Waals surface area contributed by atoms with E-state index >= 15 is 0 Å². The van der Waals surface area contributed by atoms with Gasteiger partial charge in [0.05, 0.1) is 0 Å². The van der Waals surface area contributed by atoms with E-state index in [0.29, 0.717) is 5.75 Å². The van der Waals surface area contributed by atoms with Gasteiger partial charge in [-0.25, -0.2) is 0 Å². The number of hydrogen-bond donors (Lipinski definition) is 1. The highest BCUT2D eigenvalue weighted by Crippen LogP contribution is 2.18. The van der Waals surface area contributed by atoms with Gasteiger partial charge in [-0.1, -0.05) is 46.3 Å². The number of benzene rings is 2.